The SMILES string of the molecule is COc1cccc(/C(N)=N/O)c1NC(=O)CS(C)(=O)=O. The predicted octanol–water partition coefficient (Wildman–Crippen LogP) is -0.227. The highest BCUT2D eigenvalue weighted by molar-refractivity contribution is 7.91. The smallest absolute Gasteiger partial charge is 0.239 e. The van der Waals surface area contributed by atoms with Gasteiger partial charge in [-0.05, 0) is 12.1 Å². The second kappa shape index (κ2) is 6.24. The van der Waals surface area contributed by atoms with Crippen LogP contribution in [0.4, 0.5) is 5.69 Å². The van der Waals surface area contributed by atoms with E-state index in [2.05, 4.69) is 10.5 Å². The summed E-state index contributed by atoms with van der Waals surface area (Å²) >= 11 is 0. The first kappa shape index (κ1) is 15.8. The molecule has 0 heterocycles. The summed E-state index contributed by atoms with van der Waals surface area (Å²) in [4.78, 5) is 11.7. The van der Waals surface area contributed by atoms with E-state index >= 15 is 0 Å². The number of methoxy groups -OCH3 is 1. The van der Waals surface area contributed by atoms with Crippen LogP contribution in [-0.4, -0.2) is 44.5 Å². The number of hydrogen-bond acceptors (Lipinski definition) is 6. The molecule has 20 heavy (non-hydrogen) atoms. The zero-order valence-electron chi connectivity index (χ0n) is 11.0. The Morgan fingerprint density at radius 3 is 2.65 bits per heavy atom. The number of para-hydroxylation sites is 1. The van der Waals surface area contributed by atoms with Gasteiger partial charge in [-0.15, -0.1) is 0 Å². The summed E-state index contributed by atoms with van der Waals surface area (Å²) in [5.41, 5.74) is 5.85. The number of nitrogens with one attached hydrogen (secondary N) is 1. The zero-order valence-corrected chi connectivity index (χ0v) is 11.8. The number of nitrogens with zero attached hydrogens (tertiary/aromatic N) is 1. The number of hydrogen-bond donors (Lipinski definition) is 3. The number of anilines is 1. The monoisotopic (exact) mass is 301 g/mol. The average Bonchev–Trinajstić information content (AvgIpc) is 2.35. The number of rotatable bonds is 5. The summed E-state index contributed by atoms with van der Waals surface area (Å²) in [6.45, 7) is 0. The number of benzene rings is 1. The van der Waals surface area contributed by atoms with E-state index in [-0.39, 0.29) is 22.8 Å². The van der Waals surface area contributed by atoms with Crippen LogP contribution in [0.1, 0.15) is 5.56 Å². The molecule has 1 aromatic carbocycles. The maximum Gasteiger partial charge on any atom is 0.239 e. The Kier molecular flexibility index (Phi) is 4.92. The maximum atomic E-state index is 11.7. The van der Waals surface area contributed by atoms with Gasteiger partial charge in [-0.2, -0.15) is 0 Å². The second-order valence-electron chi connectivity index (χ2n) is 3.99. The van der Waals surface area contributed by atoms with Crippen molar-refractivity contribution >= 4 is 27.3 Å². The molecule has 1 amide bonds. The molecule has 1 rings (SSSR count). The minimum absolute atomic E-state index is 0.138. The fraction of sp³-hybridized carbons (Fsp3) is 0.273. The molecule has 0 aliphatic rings. The van der Waals surface area contributed by atoms with Crippen LogP contribution in [0.2, 0.25) is 0 Å². The van der Waals surface area contributed by atoms with Gasteiger partial charge in [-0.3, -0.25) is 4.79 Å². The van der Waals surface area contributed by atoms with Crippen LogP contribution in [0.25, 0.3) is 0 Å². The molecule has 0 fully saturated rings. The first-order valence-corrected chi connectivity index (χ1v) is 7.47. The van der Waals surface area contributed by atoms with Crippen LogP contribution in [0.5, 0.6) is 5.75 Å². The molecule has 0 spiro atoms. The van der Waals surface area contributed by atoms with Crippen molar-refractivity contribution in [1.29, 1.82) is 0 Å². The molecule has 0 radical (unpaired) electrons. The minimum Gasteiger partial charge on any atom is -0.495 e. The van der Waals surface area contributed by atoms with Crippen LogP contribution in [-0.2, 0) is 14.6 Å². The lowest BCUT2D eigenvalue weighted by Crippen LogP contribution is -2.24. The number of nitrogens with two attached hydrogens (primary N) is 1. The van der Waals surface area contributed by atoms with E-state index in [1.165, 1.54) is 13.2 Å². The number of oxime groups is 1. The molecule has 0 aliphatic heterocycles. The lowest BCUT2D eigenvalue weighted by Gasteiger charge is -2.13. The molecule has 110 valence electrons. The van der Waals surface area contributed by atoms with Crippen LogP contribution >= 0.6 is 0 Å². The van der Waals surface area contributed by atoms with Crippen LogP contribution < -0.4 is 15.8 Å². The third kappa shape index (κ3) is 4.12. The van der Waals surface area contributed by atoms with Crippen molar-refractivity contribution in [3.05, 3.63) is 23.8 Å². The largest absolute Gasteiger partial charge is 0.495 e. The van der Waals surface area contributed by atoms with Gasteiger partial charge in [0.15, 0.2) is 15.7 Å². The summed E-state index contributed by atoms with van der Waals surface area (Å²) in [5.74, 6) is -1.40. The lowest BCUT2D eigenvalue weighted by molar-refractivity contribution is -0.113. The zero-order chi connectivity index (χ0) is 15.3. The van der Waals surface area contributed by atoms with Gasteiger partial charge in [0.25, 0.3) is 0 Å². The fourth-order valence-corrected chi connectivity index (χ4v) is 2.06. The minimum atomic E-state index is -3.47. The topological polar surface area (TPSA) is 131 Å². The molecule has 4 N–H and O–H groups in total. The van der Waals surface area contributed by atoms with E-state index < -0.39 is 21.5 Å². The second-order valence-corrected chi connectivity index (χ2v) is 6.13. The summed E-state index contributed by atoms with van der Waals surface area (Å²) < 4.78 is 27.2. The van der Waals surface area contributed by atoms with Crippen LogP contribution in [0, 0.1) is 0 Å². The van der Waals surface area contributed by atoms with Gasteiger partial charge < -0.3 is 21.0 Å². The standard InChI is InChI=1S/C11H15N3O5S/c1-19-8-5-3-4-7(11(12)14-16)10(8)13-9(15)6-20(2,17)18/h3-5,16H,6H2,1-2H3,(H2,12,14)(H,13,15). The van der Waals surface area contributed by atoms with Crippen molar-refractivity contribution < 1.29 is 23.2 Å². The Balaban J connectivity index is 3.18. The normalized spacial score (nSPS) is 12.0. The van der Waals surface area contributed by atoms with Gasteiger partial charge in [0.1, 0.15) is 11.5 Å². The third-order valence-corrected chi connectivity index (χ3v) is 3.07. The van der Waals surface area contributed by atoms with E-state index in [1.807, 2.05) is 0 Å². The Bertz CT molecular complexity index is 639. The van der Waals surface area contributed by atoms with Crippen molar-refractivity contribution in [3.63, 3.8) is 0 Å². The molecule has 0 unspecified atom stereocenters. The fourth-order valence-electron chi connectivity index (χ4n) is 1.51. The van der Waals surface area contributed by atoms with Gasteiger partial charge >= 0.3 is 0 Å². The molecule has 0 aliphatic carbocycles. The van der Waals surface area contributed by atoms with E-state index in [0.717, 1.165) is 6.26 Å². The number of carbonyl (C=O) groups is 1. The van der Waals surface area contributed by atoms with Gasteiger partial charge in [-0.1, -0.05) is 11.2 Å². The van der Waals surface area contributed by atoms with E-state index in [9.17, 15) is 13.2 Å². The molecular weight excluding hydrogens is 286 g/mol. The summed E-state index contributed by atoms with van der Waals surface area (Å²) in [6.07, 6.45) is 0.944. The van der Waals surface area contributed by atoms with Crippen molar-refractivity contribution in [2.24, 2.45) is 10.9 Å². The van der Waals surface area contributed by atoms with E-state index in [4.69, 9.17) is 15.7 Å². The maximum absolute atomic E-state index is 11.7. The number of sulfone groups is 1. The highest BCUT2D eigenvalue weighted by Crippen LogP contribution is 2.28. The summed E-state index contributed by atoms with van der Waals surface area (Å²) in [7, 11) is -2.09. The van der Waals surface area contributed by atoms with E-state index in [1.54, 1.807) is 12.1 Å². The Morgan fingerprint density at radius 1 is 1.50 bits per heavy atom. The molecule has 1 aromatic rings. The van der Waals surface area contributed by atoms with Crippen molar-refractivity contribution in [1.82, 2.24) is 0 Å². The number of amidine groups is 1. The molecule has 0 saturated carbocycles. The van der Waals surface area contributed by atoms with Gasteiger partial charge in [0.2, 0.25) is 5.91 Å². The highest BCUT2D eigenvalue weighted by Gasteiger charge is 2.17. The molecule has 0 aromatic heterocycles. The highest BCUT2D eigenvalue weighted by atomic mass is 32.2. The lowest BCUT2D eigenvalue weighted by atomic mass is 10.1. The Hall–Kier alpha value is -2.29. The summed E-state index contributed by atoms with van der Waals surface area (Å²) in [5, 5.41) is 13.9. The molecule has 9 heteroatoms. The molecular formula is C11H15N3O5S. The van der Waals surface area contributed by atoms with Gasteiger partial charge in [0, 0.05) is 11.8 Å². The number of carbonyl (C=O) groups excluding carboxylic acids is 1. The molecule has 8 nitrogen and oxygen atoms in total. The van der Waals surface area contributed by atoms with Gasteiger partial charge in [0.05, 0.1) is 12.8 Å². The first-order valence-electron chi connectivity index (χ1n) is 5.41. The summed E-state index contributed by atoms with van der Waals surface area (Å²) in [6, 6.07) is 4.62. The van der Waals surface area contributed by atoms with Gasteiger partial charge in [-0.25, -0.2) is 8.42 Å². The molecule has 0 bridgehead atoms. The van der Waals surface area contributed by atoms with E-state index in [0.29, 0.717) is 0 Å². The van der Waals surface area contributed by atoms with Crippen LogP contribution in [0.3, 0.4) is 0 Å². The van der Waals surface area contributed by atoms with Crippen molar-refractivity contribution in [3.8, 4) is 5.75 Å². The quantitative estimate of drug-likeness (QED) is 0.298. The average molecular weight is 301 g/mol. The number of ether oxygens (including phenoxy) is 1. The molecule has 0 atom stereocenters. The number of amides is 1. The van der Waals surface area contributed by atoms with Crippen molar-refractivity contribution in [2.75, 3.05) is 24.4 Å². The third-order valence-electron chi connectivity index (χ3n) is 2.29. The molecule has 0 saturated heterocycles. The Morgan fingerprint density at radius 2 is 2.15 bits per heavy atom. The van der Waals surface area contributed by atoms with Crippen molar-refractivity contribution in [2.45, 2.75) is 0 Å². The van der Waals surface area contributed by atoms with Crippen LogP contribution in [0.15, 0.2) is 23.4 Å². The first-order chi connectivity index (χ1) is 9.28. The Labute approximate surface area is 116 Å². The predicted molar refractivity (Wildman–Crippen MR) is 73.8 cm³/mol.